The minimum Gasteiger partial charge on any atom is -0.493 e. The number of esters is 2. The molecule has 0 spiro atoms. The van der Waals surface area contributed by atoms with Crippen LogP contribution in [0.1, 0.15) is 78.1 Å². The highest BCUT2D eigenvalue weighted by atomic mass is 32.2. The molecule has 4 unspecified atom stereocenters. The van der Waals surface area contributed by atoms with E-state index in [4.69, 9.17) is 51.9 Å². The molecule has 5 aromatic rings. The van der Waals surface area contributed by atoms with E-state index in [0.717, 1.165) is 49.9 Å². The van der Waals surface area contributed by atoms with E-state index in [1.54, 1.807) is 75.1 Å². The van der Waals surface area contributed by atoms with Gasteiger partial charge in [-0.2, -0.15) is 8.42 Å². The van der Waals surface area contributed by atoms with Gasteiger partial charge >= 0.3 is 11.9 Å². The van der Waals surface area contributed by atoms with Gasteiger partial charge in [-0.05, 0) is 102 Å². The van der Waals surface area contributed by atoms with E-state index in [-0.39, 0.29) is 47.7 Å². The van der Waals surface area contributed by atoms with Crippen LogP contribution in [0.3, 0.4) is 0 Å². The lowest BCUT2D eigenvalue weighted by molar-refractivity contribution is -0.940. The molecule has 2 aliphatic rings. The number of hydrogen-bond donors (Lipinski definition) is 1. The molecule has 0 saturated carbocycles. The summed E-state index contributed by atoms with van der Waals surface area (Å²) < 4.78 is 87.3. The average molecular weight is 1100 g/mol. The third-order valence-electron chi connectivity index (χ3n) is 15.5. The monoisotopic (exact) mass is 1100 g/mol. The fourth-order valence-electron chi connectivity index (χ4n) is 10.6. The third kappa shape index (κ3) is 15.3. The van der Waals surface area contributed by atoms with Crippen LogP contribution < -0.4 is 37.9 Å². The summed E-state index contributed by atoms with van der Waals surface area (Å²) in [6.45, 7) is 5.63. The highest BCUT2D eigenvalue weighted by Crippen LogP contribution is 2.45. The van der Waals surface area contributed by atoms with Gasteiger partial charge in [0.25, 0.3) is 10.1 Å². The summed E-state index contributed by atoms with van der Waals surface area (Å²) in [4.78, 5) is 26.5. The topological polar surface area (TPSA) is 181 Å². The summed E-state index contributed by atoms with van der Waals surface area (Å²) in [5.74, 6) is 5.24. The Morgan fingerprint density at radius 3 is 1.23 bits per heavy atom. The van der Waals surface area contributed by atoms with Crippen LogP contribution in [0.2, 0.25) is 0 Å². The Bertz CT molecular complexity index is 2760. The van der Waals surface area contributed by atoms with E-state index in [1.165, 1.54) is 34.4 Å². The Balaban J connectivity index is 0.000000883. The number of benzene rings is 5. The van der Waals surface area contributed by atoms with Gasteiger partial charge in [0.05, 0.1) is 128 Å². The van der Waals surface area contributed by atoms with E-state index < -0.39 is 10.1 Å². The van der Waals surface area contributed by atoms with Crippen molar-refractivity contribution in [1.82, 2.24) is 0 Å². The Morgan fingerprint density at radius 1 is 0.526 bits per heavy atom. The van der Waals surface area contributed by atoms with Gasteiger partial charge in [-0.15, -0.1) is 0 Å². The van der Waals surface area contributed by atoms with Gasteiger partial charge in [0.2, 0.25) is 0 Å². The number of nitrogens with zero attached hydrogens (tertiary/aromatic N) is 2. The minimum atomic E-state index is -4.00. The van der Waals surface area contributed by atoms with Crippen molar-refractivity contribution in [3.63, 3.8) is 0 Å². The maximum Gasteiger partial charge on any atom is 0.311 e. The molecule has 18 heteroatoms. The quantitative estimate of drug-likeness (QED) is 0.0332. The van der Waals surface area contributed by atoms with Crippen LogP contribution in [0.4, 0.5) is 0 Å². The molecule has 0 amide bonds. The van der Waals surface area contributed by atoms with Gasteiger partial charge in [0, 0.05) is 36.8 Å². The molecular formula is C60H80N2O15S+2. The number of hydrogen-bond acceptors (Lipinski definition) is 14. The minimum absolute atomic E-state index is 0.0347. The van der Waals surface area contributed by atoms with Crippen molar-refractivity contribution < 1.29 is 78.9 Å². The maximum atomic E-state index is 13.3. The van der Waals surface area contributed by atoms with Crippen LogP contribution >= 0.6 is 0 Å². The van der Waals surface area contributed by atoms with E-state index in [0.29, 0.717) is 94.1 Å². The molecule has 0 radical (unpaired) electrons. The lowest BCUT2D eigenvalue weighted by Crippen LogP contribution is -2.53. The molecule has 0 saturated heterocycles. The molecule has 0 aromatic heterocycles. The first-order valence-corrected chi connectivity index (χ1v) is 27.7. The number of fused-ring (bicyclic) bond motifs is 2. The molecule has 424 valence electrons. The number of quaternary nitrogens is 2. The van der Waals surface area contributed by atoms with Crippen molar-refractivity contribution in [2.45, 2.75) is 75.3 Å². The van der Waals surface area contributed by atoms with Crippen LogP contribution in [0.25, 0.3) is 0 Å². The fourth-order valence-corrected chi connectivity index (χ4v) is 11.1. The molecule has 4 atom stereocenters. The molecule has 0 bridgehead atoms. The average Bonchev–Trinajstić information content (AvgIpc) is 3.53. The van der Waals surface area contributed by atoms with Crippen molar-refractivity contribution in [3.8, 4) is 46.0 Å². The van der Waals surface area contributed by atoms with Crippen molar-refractivity contribution in [3.05, 3.63) is 124 Å². The Hall–Kier alpha value is -6.73. The summed E-state index contributed by atoms with van der Waals surface area (Å²) in [7, 11) is 13.6. The van der Waals surface area contributed by atoms with Gasteiger partial charge in [-0.1, -0.05) is 37.3 Å². The molecule has 0 fully saturated rings. The number of likely N-dealkylation sites (N-methyl/N-ethyl adjacent to an activating group) is 2. The zero-order valence-corrected chi connectivity index (χ0v) is 48.1. The predicted molar refractivity (Wildman–Crippen MR) is 296 cm³/mol. The SMILES string of the molecule is COc1ccc(CC2c3cc(OC)c(OC)cc3CC[N+]2(C)CCC(=O)OCCC(C)CCOC(=O)CC[N+]2(C)CCc3cc(OC)c(OC)cc3C2Cc2ccc(OC)c(OC)c2)cc1OC.O=S(=O)(O)c1ccccc1. The summed E-state index contributed by atoms with van der Waals surface area (Å²) >= 11 is 0. The van der Waals surface area contributed by atoms with Crippen LogP contribution in [0, 0.1) is 5.92 Å². The first-order chi connectivity index (χ1) is 37.3. The first-order valence-electron chi connectivity index (χ1n) is 26.3. The first kappa shape index (κ1) is 60.5. The van der Waals surface area contributed by atoms with Gasteiger partial charge in [0.1, 0.15) is 12.1 Å². The maximum absolute atomic E-state index is 13.3. The van der Waals surface area contributed by atoms with E-state index in [2.05, 4.69) is 57.4 Å². The molecule has 1 N–H and O–H groups in total. The number of ether oxygens (including phenoxy) is 10. The Kier molecular flexibility index (Phi) is 21.5. The number of carbonyl (C=O) groups excluding carboxylic acids is 2. The van der Waals surface area contributed by atoms with E-state index in [9.17, 15) is 18.0 Å². The molecule has 0 aliphatic carbocycles. The second-order valence-electron chi connectivity index (χ2n) is 20.4. The van der Waals surface area contributed by atoms with Gasteiger partial charge in [0.15, 0.2) is 46.0 Å². The third-order valence-corrected chi connectivity index (χ3v) is 16.4. The number of rotatable bonds is 25. The second-order valence-corrected chi connectivity index (χ2v) is 21.8. The predicted octanol–water partition coefficient (Wildman–Crippen LogP) is 9.24. The number of carbonyl (C=O) groups is 2. The van der Waals surface area contributed by atoms with Crippen molar-refractivity contribution in [2.75, 3.05) is 110 Å². The smallest absolute Gasteiger partial charge is 0.311 e. The van der Waals surface area contributed by atoms with E-state index >= 15 is 0 Å². The molecule has 7 rings (SSSR count). The number of methoxy groups -OCH3 is 8. The van der Waals surface area contributed by atoms with Crippen molar-refractivity contribution in [2.24, 2.45) is 5.92 Å². The molecule has 2 heterocycles. The zero-order valence-electron chi connectivity index (χ0n) is 47.3. The summed E-state index contributed by atoms with van der Waals surface area (Å²) in [6, 6.07) is 27.9. The fraction of sp³-hybridized carbons (Fsp3) is 0.467. The van der Waals surface area contributed by atoms with Crippen molar-refractivity contribution >= 4 is 22.1 Å². The zero-order chi connectivity index (χ0) is 56.6. The van der Waals surface area contributed by atoms with Gasteiger partial charge in [-0.3, -0.25) is 14.1 Å². The van der Waals surface area contributed by atoms with Crippen LogP contribution in [0.15, 0.2) is 95.9 Å². The van der Waals surface area contributed by atoms with Crippen LogP contribution in [-0.4, -0.2) is 144 Å². The summed E-state index contributed by atoms with van der Waals surface area (Å²) in [5.41, 5.74) is 7.00. The van der Waals surface area contributed by atoms with Crippen molar-refractivity contribution in [1.29, 1.82) is 0 Å². The summed E-state index contributed by atoms with van der Waals surface area (Å²) in [6.07, 6.45) is 5.03. The molecule has 5 aromatic carbocycles. The molecule has 78 heavy (non-hydrogen) atoms. The highest BCUT2D eigenvalue weighted by molar-refractivity contribution is 7.85. The van der Waals surface area contributed by atoms with Gasteiger partial charge in [-0.25, -0.2) is 0 Å². The highest BCUT2D eigenvalue weighted by Gasteiger charge is 2.42. The normalized spacial score (nSPS) is 18.8. The van der Waals surface area contributed by atoms with E-state index in [1.807, 2.05) is 24.3 Å². The standard InChI is InChI=1S/C54H74N2O12.C6H6O3S/c1-36(20-26-67-53(57)18-24-55(2)22-16-39-32-49(63-8)51(65-10)34-41(39)43(55)28-37-12-14-45(59-4)47(30-37)61-6)21-27-68-54(58)19-25-56(3)23-17-40-33-50(64-9)52(66-11)35-42(40)44(56)29-38-13-15-46(60-5)48(31-38)62-7;7-10(8,9)6-4-2-1-3-5-6/h12-15,30-36,43-44H,16-29H2,1-11H3;1-5H,(H,7,8,9)/q+2;. The Morgan fingerprint density at radius 2 is 0.885 bits per heavy atom. The lowest BCUT2D eigenvalue weighted by atomic mass is 9.86. The van der Waals surface area contributed by atoms with Crippen LogP contribution in [-0.2, 0) is 54.9 Å². The Labute approximate surface area is 461 Å². The van der Waals surface area contributed by atoms with Gasteiger partial charge < -0.3 is 56.3 Å². The summed E-state index contributed by atoms with van der Waals surface area (Å²) in [5, 5.41) is 0. The second kappa shape index (κ2) is 27.7. The lowest BCUT2D eigenvalue weighted by Gasteiger charge is -2.46. The largest absolute Gasteiger partial charge is 0.493 e. The molecule has 2 aliphatic heterocycles. The molecule has 17 nitrogen and oxygen atoms in total. The van der Waals surface area contributed by atoms with Crippen LogP contribution in [0.5, 0.6) is 46.0 Å². The molecular weight excluding hydrogens is 1020 g/mol.